The maximum absolute atomic E-state index is 4.97. The van der Waals surface area contributed by atoms with Gasteiger partial charge in [-0.3, -0.25) is 4.90 Å². The van der Waals surface area contributed by atoms with Gasteiger partial charge in [0, 0.05) is 28.8 Å². The monoisotopic (exact) mass is 564 g/mol. The lowest BCUT2D eigenvalue weighted by atomic mass is 9.99. The first-order chi connectivity index (χ1) is 21.8. The Kier molecular flexibility index (Phi) is 6.43. The molecule has 0 fully saturated rings. The van der Waals surface area contributed by atoms with Crippen LogP contribution < -0.4 is 4.90 Å². The lowest BCUT2D eigenvalue weighted by Gasteiger charge is -2.25. The minimum atomic E-state index is 0.811. The van der Waals surface area contributed by atoms with Gasteiger partial charge in [0.25, 0.3) is 0 Å². The van der Waals surface area contributed by atoms with E-state index in [0.717, 1.165) is 45.0 Å². The summed E-state index contributed by atoms with van der Waals surface area (Å²) in [6, 6.07) is 55.0. The van der Waals surface area contributed by atoms with Crippen LogP contribution in [0.4, 0.5) is 17.2 Å². The highest BCUT2D eigenvalue weighted by Gasteiger charge is 2.23. The minimum absolute atomic E-state index is 0.811. The van der Waals surface area contributed by atoms with E-state index < -0.39 is 0 Å². The number of fused-ring (bicyclic) bond motifs is 2. The molecule has 208 valence electrons. The standard InChI is InChI=1S/C40H28N4/c1-4-13-29(14-5-1)30-23-25-32(26-24-30)43-27-37(36-22-12-16-31-15-10-11-21-35(31)36)38-39(43)40(42-28-41-38)44(33-17-6-2-7-18-33)34-19-8-3-9-20-34/h1-28H. The molecule has 0 amide bonds. The second-order valence-electron chi connectivity index (χ2n) is 10.8. The maximum atomic E-state index is 4.97. The zero-order valence-corrected chi connectivity index (χ0v) is 24.0. The fourth-order valence-electron chi connectivity index (χ4n) is 6.06. The summed E-state index contributed by atoms with van der Waals surface area (Å²) < 4.78 is 2.25. The van der Waals surface area contributed by atoms with E-state index in [1.54, 1.807) is 6.33 Å². The topological polar surface area (TPSA) is 34.0 Å². The van der Waals surface area contributed by atoms with Crippen molar-refractivity contribution in [3.8, 4) is 27.9 Å². The number of nitrogens with zero attached hydrogens (tertiary/aromatic N) is 4. The Morgan fingerprint density at radius 3 is 1.77 bits per heavy atom. The van der Waals surface area contributed by atoms with E-state index in [2.05, 4.69) is 155 Å². The van der Waals surface area contributed by atoms with Gasteiger partial charge in [-0.05, 0) is 63.9 Å². The van der Waals surface area contributed by atoms with Gasteiger partial charge in [0.1, 0.15) is 17.4 Å². The van der Waals surface area contributed by atoms with Gasteiger partial charge in [-0.2, -0.15) is 0 Å². The number of anilines is 3. The van der Waals surface area contributed by atoms with Gasteiger partial charge >= 0.3 is 0 Å². The van der Waals surface area contributed by atoms with Crippen LogP contribution >= 0.6 is 0 Å². The SMILES string of the molecule is c1ccc(-c2ccc(-n3cc(-c4cccc5ccccc45)c4ncnc(N(c5ccccc5)c5ccccc5)c43)cc2)cc1. The molecule has 4 heteroatoms. The Labute approximate surface area is 256 Å². The Balaban J connectivity index is 1.41. The average Bonchev–Trinajstić information content (AvgIpc) is 3.50. The summed E-state index contributed by atoms with van der Waals surface area (Å²) in [5, 5.41) is 2.39. The van der Waals surface area contributed by atoms with Gasteiger partial charge in [0.2, 0.25) is 0 Å². The van der Waals surface area contributed by atoms with Crippen LogP contribution in [-0.4, -0.2) is 14.5 Å². The van der Waals surface area contributed by atoms with Crippen molar-refractivity contribution in [2.45, 2.75) is 0 Å². The van der Waals surface area contributed by atoms with Gasteiger partial charge < -0.3 is 4.57 Å². The highest BCUT2D eigenvalue weighted by atomic mass is 15.2. The first-order valence-corrected chi connectivity index (χ1v) is 14.8. The Bertz CT molecular complexity index is 2160. The fraction of sp³-hybridized carbons (Fsp3) is 0. The molecule has 0 aliphatic heterocycles. The van der Waals surface area contributed by atoms with Crippen LogP contribution in [0.2, 0.25) is 0 Å². The first-order valence-electron chi connectivity index (χ1n) is 14.8. The van der Waals surface area contributed by atoms with Crippen molar-refractivity contribution in [1.29, 1.82) is 0 Å². The highest BCUT2D eigenvalue weighted by molar-refractivity contribution is 6.07. The van der Waals surface area contributed by atoms with Crippen molar-refractivity contribution >= 4 is 39.0 Å². The summed E-state index contributed by atoms with van der Waals surface area (Å²) in [5.41, 5.74) is 9.50. The zero-order chi connectivity index (χ0) is 29.3. The van der Waals surface area contributed by atoms with Gasteiger partial charge in [-0.25, -0.2) is 9.97 Å². The van der Waals surface area contributed by atoms with E-state index in [-0.39, 0.29) is 0 Å². The van der Waals surface area contributed by atoms with Crippen molar-refractivity contribution in [3.63, 3.8) is 0 Å². The molecular formula is C40H28N4. The number of para-hydroxylation sites is 2. The summed E-state index contributed by atoms with van der Waals surface area (Å²) >= 11 is 0. The van der Waals surface area contributed by atoms with Crippen molar-refractivity contribution in [1.82, 2.24) is 14.5 Å². The molecule has 0 saturated heterocycles. The van der Waals surface area contributed by atoms with E-state index >= 15 is 0 Å². The number of benzene rings is 6. The second-order valence-corrected chi connectivity index (χ2v) is 10.8. The molecule has 0 unspecified atom stereocenters. The van der Waals surface area contributed by atoms with E-state index in [4.69, 9.17) is 9.97 Å². The lowest BCUT2D eigenvalue weighted by molar-refractivity contribution is 1.08. The normalized spacial score (nSPS) is 11.2. The molecule has 8 aromatic rings. The Morgan fingerprint density at radius 2 is 1.07 bits per heavy atom. The lowest BCUT2D eigenvalue weighted by Crippen LogP contribution is -2.13. The molecule has 8 rings (SSSR count). The number of rotatable bonds is 6. The highest BCUT2D eigenvalue weighted by Crippen LogP contribution is 2.42. The van der Waals surface area contributed by atoms with Crippen LogP contribution in [0.15, 0.2) is 170 Å². The van der Waals surface area contributed by atoms with Crippen LogP contribution in [0.3, 0.4) is 0 Å². The van der Waals surface area contributed by atoms with Gasteiger partial charge in [0.05, 0.1) is 0 Å². The molecule has 4 nitrogen and oxygen atoms in total. The number of hydrogen-bond acceptors (Lipinski definition) is 3. The van der Waals surface area contributed by atoms with Crippen LogP contribution in [0, 0.1) is 0 Å². The minimum Gasteiger partial charge on any atom is -0.311 e. The molecule has 0 spiro atoms. The molecular weight excluding hydrogens is 536 g/mol. The quantitative estimate of drug-likeness (QED) is 0.201. The van der Waals surface area contributed by atoms with Crippen molar-refractivity contribution in [2.24, 2.45) is 0 Å². The third-order valence-corrected chi connectivity index (χ3v) is 8.13. The van der Waals surface area contributed by atoms with Crippen molar-refractivity contribution in [2.75, 3.05) is 4.90 Å². The molecule has 2 heterocycles. The summed E-state index contributed by atoms with van der Waals surface area (Å²) in [4.78, 5) is 12.1. The molecule has 2 aromatic heterocycles. The average molecular weight is 565 g/mol. The van der Waals surface area contributed by atoms with Gasteiger partial charge in [-0.15, -0.1) is 0 Å². The predicted molar refractivity (Wildman–Crippen MR) is 182 cm³/mol. The van der Waals surface area contributed by atoms with E-state index in [1.165, 1.54) is 21.9 Å². The first kappa shape index (κ1) is 25.7. The summed E-state index contributed by atoms with van der Waals surface area (Å²) in [7, 11) is 0. The van der Waals surface area contributed by atoms with Crippen molar-refractivity contribution < 1.29 is 0 Å². The molecule has 6 aromatic carbocycles. The molecule has 0 saturated carbocycles. The molecule has 0 bridgehead atoms. The van der Waals surface area contributed by atoms with Crippen LogP contribution in [0.25, 0.3) is 49.7 Å². The van der Waals surface area contributed by atoms with Crippen LogP contribution in [0.1, 0.15) is 0 Å². The summed E-state index contributed by atoms with van der Waals surface area (Å²) in [6.45, 7) is 0. The van der Waals surface area contributed by atoms with Gasteiger partial charge in [-0.1, -0.05) is 121 Å². The molecule has 0 aliphatic rings. The summed E-state index contributed by atoms with van der Waals surface area (Å²) in [5.74, 6) is 0.811. The maximum Gasteiger partial charge on any atom is 0.166 e. The Hall–Kier alpha value is -6.00. The predicted octanol–water partition coefficient (Wildman–Crippen LogP) is 10.4. The summed E-state index contributed by atoms with van der Waals surface area (Å²) in [6.07, 6.45) is 3.91. The molecule has 0 radical (unpaired) electrons. The largest absolute Gasteiger partial charge is 0.311 e. The molecule has 0 atom stereocenters. The zero-order valence-electron chi connectivity index (χ0n) is 24.0. The van der Waals surface area contributed by atoms with E-state index in [0.29, 0.717) is 0 Å². The second kappa shape index (κ2) is 11.0. The Morgan fingerprint density at radius 1 is 0.477 bits per heavy atom. The van der Waals surface area contributed by atoms with Crippen molar-refractivity contribution in [3.05, 3.63) is 170 Å². The third-order valence-electron chi connectivity index (χ3n) is 8.13. The van der Waals surface area contributed by atoms with Crippen LogP contribution in [0.5, 0.6) is 0 Å². The van der Waals surface area contributed by atoms with Crippen LogP contribution in [-0.2, 0) is 0 Å². The third kappa shape index (κ3) is 4.50. The molecule has 0 N–H and O–H groups in total. The van der Waals surface area contributed by atoms with E-state index in [1.807, 2.05) is 18.2 Å². The van der Waals surface area contributed by atoms with E-state index in [9.17, 15) is 0 Å². The molecule has 44 heavy (non-hydrogen) atoms. The number of aromatic nitrogens is 3. The fourth-order valence-corrected chi connectivity index (χ4v) is 6.06. The smallest absolute Gasteiger partial charge is 0.166 e. The number of hydrogen-bond donors (Lipinski definition) is 0. The molecule has 0 aliphatic carbocycles. The van der Waals surface area contributed by atoms with Gasteiger partial charge in [0.15, 0.2) is 5.82 Å².